The number of aromatic nitrogens is 1. The first-order valence-corrected chi connectivity index (χ1v) is 5.95. The van der Waals surface area contributed by atoms with E-state index in [1.165, 1.54) is 5.56 Å². The summed E-state index contributed by atoms with van der Waals surface area (Å²) in [5.74, 6) is 1.43. The van der Waals surface area contributed by atoms with Crippen LogP contribution in [0.4, 0.5) is 5.69 Å². The summed E-state index contributed by atoms with van der Waals surface area (Å²) in [4.78, 5) is 3.94. The van der Waals surface area contributed by atoms with Gasteiger partial charge in [0.05, 0.1) is 11.9 Å². The van der Waals surface area contributed by atoms with Crippen molar-refractivity contribution in [2.75, 3.05) is 5.73 Å². The number of nitrogen functional groups attached to an aromatic ring is 1. The normalized spacial score (nSPS) is 11.3. The molecular weight excluding hydrogens is 224 g/mol. The Morgan fingerprint density at radius 2 is 1.94 bits per heavy atom. The lowest BCUT2D eigenvalue weighted by atomic mass is 9.87. The summed E-state index contributed by atoms with van der Waals surface area (Å²) >= 11 is 0. The first-order chi connectivity index (χ1) is 8.47. The number of nitrogens with two attached hydrogens (primary N) is 1. The Hall–Kier alpha value is -2.03. The highest BCUT2D eigenvalue weighted by Crippen LogP contribution is 2.30. The fraction of sp³-hybridized carbons (Fsp3) is 0.267. The van der Waals surface area contributed by atoms with Gasteiger partial charge in [0.25, 0.3) is 0 Å². The Balaban J connectivity index is 2.28. The molecule has 1 heterocycles. The lowest BCUT2D eigenvalue weighted by Gasteiger charge is -2.19. The van der Waals surface area contributed by atoms with E-state index < -0.39 is 0 Å². The number of hydrogen-bond donors (Lipinski definition) is 1. The van der Waals surface area contributed by atoms with Gasteiger partial charge >= 0.3 is 0 Å². The van der Waals surface area contributed by atoms with Crippen LogP contribution in [0.2, 0.25) is 0 Å². The third-order valence-electron chi connectivity index (χ3n) is 2.74. The maximum absolute atomic E-state index is 5.80. The average molecular weight is 242 g/mol. The molecule has 0 bridgehead atoms. The lowest BCUT2D eigenvalue weighted by Crippen LogP contribution is -2.10. The molecule has 2 aromatic rings. The summed E-state index contributed by atoms with van der Waals surface area (Å²) < 4.78 is 5.78. The fourth-order valence-electron chi connectivity index (χ4n) is 1.64. The van der Waals surface area contributed by atoms with E-state index in [0.29, 0.717) is 11.4 Å². The number of nitrogens with zero attached hydrogens (tertiary/aromatic N) is 1. The molecule has 2 rings (SSSR count). The van der Waals surface area contributed by atoms with Crippen LogP contribution in [0, 0.1) is 0 Å². The molecule has 0 saturated carbocycles. The van der Waals surface area contributed by atoms with Crippen molar-refractivity contribution in [1.29, 1.82) is 0 Å². The van der Waals surface area contributed by atoms with Gasteiger partial charge in [-0.05, 0) is 23.1 Å². The molecule has 0 saturated heterocycles. The standard InChI is InChI=1S/C15H18N2O/c1-15(2,3)11-5-4-6-12(9-11)18-14-7-8-17-10-13(14)16/h4-10H,16H2,1-3H3. The van der Waals surface area contributed by atoms with Crippen molar-refractivity contribution in [1.82, 2.24) is 4.98 Å². The van der Waals surface area contributed by atoms with Crippen LogP contribution in [0.25, 0.3) is 0 Å². The van der Waals surface area contributed by atoms with Crippen molar-refractivity contribution in [2.45, 2.75) is 26.2 Å². The van der Waals surface area contributed by atoms with Crippen LogP contribution in [-0.2, 0) is 5.41 Å². The maximum Gasteiger partial charge on any atom is 0.153 e. The SMILES string of the molecule is CC(C)(C)c1cccc(Oc2ccncc2N)c1. The molecule has 0 aliphatic rings. The predicted molar refractivity (Wildman–Crippen MR) is 73.9 cm³/mol. The van der Waals surface area contributed by atoms with Crippen LogP contribution in [-0.4, -0.2) is 4.98 Å². The van der Waals surface area contributed by atoms with E-state index in [4.69, 9.17) is 10.5 Å². The molecule has 2 N–H and O–H groups in total. The molecular formula is C15H18N2O. The first kappa shape index (κ1) is 12.4. The number of rotatable bonds is 2. The van der Waals surface area contributed by atoms with Gasteiger partial charge in [0.1, 0.15) is 5.75 Å². The Bertz CT molecular complexity index is 544. The van der Waals surface area contributed by atoms with E-state index in [2.05, 4.69) is 31.8 Å². The average Bonchev–Trinajstić information content (AvgIpc) is 2.31. The van der Waals surface area contributed by atoms with Crippen LogP contribution in [0.3, 0.4) is 0 Å². The number of benzene rings is 1. The first-order valence-electron chi connectivity index (χ1n) is 5.95. The van der Waals surface area contributed by atoms with Gasteiger partial charge in [-0.25, -0.2) is 0 Å². The molecule has 18 heavy (non-hydrogen) atoms. The van der Waals surface area contributed by atoms with Gasteiger partial charge in [0, 0.05) is 12.3 Å². The Labute approximate surface area is 108 Å². The van der Waals surface area contributed by atoms with E-state index in [-0.39, 0.29) is 5.41 Å². The molecule has 94 valence electrons. The number of hydrogen-bond acceptors (Lipinski definition) is 3. The van der Waals surface area contributed by atoms with Gasteiger partial charge in [-0.1, -0.05) is 32.9 Å². The second-order valence-corrected chi connectivity index (χ2v) is 5.29. The molecule has 3 nitrogen and oxygen atoms in total. The van der Waals surface area contributed by atoms with Crippen LogP contribution in [0.15, 0.2) is 42.7 Å². The van der Waals surface area contributed by atoms with Crippen molar-refractivity contribution in [3.05, 3.63) is 48.3 Å². The fourth-order valence-corrected chi connectivity index (χ4v) is 1.64. The van der Waals surface area contributed by atoms with Gasteiger partial charge in [-0.2, -0.15) is 0 Å². The Morgan fingerprint density at radius 1 is 1.17 bits per heavy atom. The second-order valence-electron chi connectivity index (χ2n) is 5.29. The zero-order valence-corrected chi connectivity index (χ0v) is 11.0. The molecule has 0 atom stereocenters. The summed E-state index contributed by atoms with van der Waals surface area (Å²) in [7, 11) is 0. The van der Waals surface area contributed by atoms with Gasteiger partial charge in [-0.3, -0.25) is 4.98 Å². The molecule has 0 aliphatic heterocycles. The quantitative estimate of drug-likeness (QED) is 0.872. The minimum absolute atomic E-state index is 0.100. The zero-order chi connectivity index (χ0) is 13.2. The van der Waals surface area contributed by atoms with Crippen molar-refractivity contribution in [2.24, 2.45) is 0 Å². The van der Waals surface area contributed by atoms with Crippen LogP contribution in [0.5, 0.6) is 11.5 Å². The smallest absolute Gasteiger partial charge is 0.153 e. The van der Waals surface area contributed by atoms with Crippen molar-refractivity contribution >= 4 is 5.69 Å². The summed E-state index contributed by atoms with van der Waals surface area (Å²) in [5, 5.41) is 0. The topological polar surface area (TPSA) is 48.1 Å². The number of ether oxygens (including phenoxy) is 1. The molecule has 0 fully saturated rings. The second kappa shape index (κ2) is 4.69. The largest absolute Gasteiger partial charge is 0.455 e. The molecule has 0 unspecified atom stereocenters. The zero-order valence-electron chi connectivity index (χ0n) is 11.0. The van der Waals surface area contributed by atoms with Gasteiger partial charge in [-0.15, -0.1) is 0 Å². The Morgan fingerprint density at radius 3 is 2.61 bits per heavy atom. The van der Waals surface area contributed by atoms with Crippen molar-refractivity contribution in [3.8, 4) is 11.5 Å². The van der Waals surface area contributed by atoms with Gasteiger partial charge in [0.2, 0.25) is 0 Å². The summed E-state index contributed by atoms with van der Waals surface area (Å²) in [6, 6.07) is 9.82. The van der Waals surface area contributed by atoms with Crippen LogP contribution < -0.4 is 10.5 Å². The van der Waals surface area contributed by atoms with Crippen molar-refractivity contribution < 1.29 is 4.74 Å². The molecule has 0 spiro atoms. The molecule has 0 radical (unpaired) electrons. The van der Waals surface area contributed by atoms with Crippen molar-refractivity contribution in [3.63, 3.8) is 0 Å². The van der Waals surface area contributed by atoms with E-state index in [1.807, 2.05) is 18.2 Å². The monoisotopic (exact) mass is 242 g/mol. The molecule has 3 heteroatoms. The van der Waals surface area contributed by atoms with Crippen LogP contribution >= 0.6 is 0 Å². The van der Waals surface area contributed by atoms with Gasteiger partial charge < -0.3 is 10.5 Å². The summed E-state index contributed by atoms with van der Waals surface area (Å²) in [5.41, 5.74) is 7.67. The van der Waals surface area contributed by atoms with E-state index in [9.17, 15) is 0 Å². The highest BCUT2D eigenvalue weighted by molar-refractivity contribution is 5.51. The third kappa shape index (κ3) is 2.80. The number of anilines is 1. The molecule has 1 aromatic heterocycles. The predicted octanol–water partition coefficient (Wildman–Crippen LogP) is 3.75. The highest BCUT2D eigenvalue weighted by atomic mass is 16.5. The van der Waals surface area contributed by atoms with E-state index in [1.54, 1.807) is 18.5 Å². The highest BCUT2D eigenvalue weighted by Gasteiger charge is 2.14. The lowest BCUT2D eigenvalue weighted by molar-refractivity contribution is 0.480. The molecule has 0 amide bonds. The maximum atomic E-state index is 5.80. The van der Waals surface area contributed by atoms with Crippen LogP contribution in [0.1, 0.15) is 26.3 Å². The number of pyridine rings is 1. The Kier molecular flexibility index (Phi) is 3.24. The summed E-state index contributed by atoms with van der Waals surface area (Å²) in [6.45, 7) is 6.52. The third-order valence-corrected chi connectivity index (χ3v) is 2.74. The molecule has 0 aliphatic carbocycles. The van der Waals surface area contributed by atoms with E-state index in [0.717, 1.165) is 5.75 Å². The summed E-state index contributed by atoms with van der Waals surface area (Å²) in [6.07, 6.45) is 3.25. The molecule has 1 aromatic carbocycles. The van der Waals surface area contributed by atoms with Gasteiger partial charge in [0.15, 0.2) is 5.75 Å². The van der Waals surface area contributed by atoms with E-state index >= 15 is 0 Å². The minimum Gasteiger partial charge on any atom is -0.455 e. The minimum atomic E-state index is 0.100.